The third kappa shape index (κ3) is 3.84. The van der Waals surface area contributed by atoms with Crippen molar-refractivity contribution in [2.75, 3.05) is 37.4 Å². The lowest BCUT2D eigenvalue weighted by atomic mass is 10.2. The summed E-state index contributed by atoms with van der Waals surface area (Å²) in [5.41, 5.74) is 0.864. The number of aromatic nitrogens is 3. The number of methoxy groups -OCH3 is 1. The summed E-state index contributed by atoms with van der Waals surface area (Å²) < 4.78 is 7.03. The molecule has 0 atom stereocenters. The van der Waals surface area contributed by atoms with Crippen LogP contribution in [-0.2, 0) is 4.74 Å². The van der Waals surface area contributed by atoms with Crippen LogP contribution in [0.4, 0.5) is 11.6 Å². The number of rotatable bonds is 9. The first kappa shape index (κ1) is 14.6. The molecule has 2 aromatic rings. The molecule has 0 saturated heterocycles. The Hall–Kier alpha value is -1.82. The number of hydrogen-bond acceptors (Lipinski definition) is 5. The quantitative estimate of drug-likeness (QED) is 0.689. The molecule has 0 aliphatic rings. The van der Waals surface area contributed by atoms with Gasteiger partial charge in [0, 0.05) is 39.2 Å². The van der Waals surface area contributed by atoms with E-state index in [-0.39, 0.29) is 0 Å². The van der Waals surface area contributed by atoms with Crippen molar-refractivity contribution >= 4 is 17.3 Å². The molecule has 6 nitrogen and oxygen atoms in total. The Balaban J connectivity index is 1.95. The van der Waals surface area contributed by atoms with Crippen LogP contribution in [0.25, 0.3) is 5.65 Å². The summed E-state index contributed by atoms with van der Waals surface area (Å²) in [5, 5.41) is 6.61. The third-order valence-electron chi connectivity index (χ3n) is 3.05. The molecule has 0 spiro atoms. The van der Waals surface area contributed by atoms with Gasteiger partial charge in [0.1, 0.15) is 5.82 Å². The molecule has 0 bridgehead atoms. The van der Waals surface area contributed by atoms with Crippen molar-refractivity contribution in [1.82, 2.24) is 14.4 Å². The SMILES string of the molecule is CCNc1cn2ccnc2c(NCCCCCOC)n1. The standard InChI is InChI=1S/C14H23N5O/c1-3-15-12-11-19-9-8-17-14(19)13(18-12)16-7-5-4-6-10-20-2/h8-9,11,15H,3-7,10H2,1-2H3,(H,16,18). The van der Waals surface area contributed by atoms with Crippen LogP contribution in [0.2, 0.25) is 0 Å². The fourth-order valence-corrected chi connectivity index (χ4v) is 2.07. The summed E-state index contributed by atoms with van der Waals surface area (Å²) in [6.07, 6.45) is 9.03. The number of fused-ring (bicyclic) bond motifs is 1. The average molecular weight is 277 g/mol. The number of unbranched alkanes of at least 4 members (excludes halogenated alkanes) is 2. The number of imidazole rings is 1. The predicted molar refractivity (Wildman–Crippen MR) is 81.4 cm³/mol. The Bertz CT molecular complexity index is 525. The van der Waals surface area contributed by atoms with Crippen molar-refractivity contribution in [3.05, 3.63) is 18.6 Å². The molecular weight excluding hydrogens is 254 g/mol. The Morgan fingerprint density at radius 3 is 2.95 bits per heavy atom. The van der Waals surface area contributed by atoms with Gasteiger partial charge in [-0.25, -0.2) is 9.97 Å². The van der Waals surface area contributed by atoms with Crippen LogP contribution < -0.4 is 10.6 Å². The molecule has 0 aromatic carbocycles. The molecule has 0 radical (unpaired) electrons. The Labute approximate surface area is 119 Å². The zero-order valence-electron chi connectivity index (χ0n) is 12.2. The van der Waals surface area contributed by atoms with Crippen LogP contribution in [-0.4, -0.2) is 41.2 Å². The zero-order chi connectivity index (χ0) is 14.2. The van der Waals surface area contributed by atoms with E-state index in [0.29, 0.717) is 0 Å². The van der Waals surface area contributed by atoms with Crippen molar-refractivity contribution < 1.29 is 4.74 Å². The number of ether oxygens (including phenoxy) is 1. The third-order valence-corrected chi connectivity index (χ3v) is 3.05. The van der Waals surface area contributed by atoms with Crippen LogP contribution in [0.3, 0.4) is 0 Å². The van der Waals surface area contributed by atoms with E-state index >= 15 is 0 Å². The lowest BCUT2D eigenvalue weighted by Crippen LogP contribution is -2.09. The van der Waals surface area contributed by atoms with E-state index in [2.05, 4.69) is 27.5 Å². The minimum Gasteiger partial charge on any atom is -0.385 e. The average Bonchev–Trinajstić information content (AvgIpc) is 2.91. The van der Waals surface area contributed by atoms with E-state index in [1.165, 1.54) is 0 Å². The second-order valence-electron chi connectivity index (χ2n) is 4.64. The van der Waals surface area contributed by atoms with Gasteiger partial charge in [0.15, 0.2) is 11.5 Å². The number of nitrogens with one attached hydrogen (secondary N) is 2. The van der Waals surface area contributed by atoms with E-state index in [1.54, 1.807) is 13.3 Å². The molecule has 2 rings (SSSR count). The lowest BCUT2D eigenvalue weighted by Gasteiger charge is -2.10. The first-order valence-electron chi connectivity index (χ1n) is 7.15. The second kappa shape index (κ2) is 7.69. The summed E-state index contributed by atoms with van der Waals surface area (Å²) in [4.78, 5) is 8.90. The maximum Gasteiger partial charge on any atom is 0.180 e. The summed E-state index contributed by atoms with van der Waals surface area (Å²) in [6, 6.07) is 0. The van der Waals surface area contributed by atoms with Gasteiger partial charge < -0.3 is 19.8 Å². The summed E-state index contributed by atoms with van der Waals surface area (Å²) in [7, 11) is 1.74. The topological polar surface area (TPSA) is 63.5 Å². The highest BCUT2D eigenvalue weighted by Gasteiger charge is 2.06. The summed E-state index contributed by atoms with van der Waals surface area (Å²) in [5.74, 6) is 1.69. The Kier molecular flexibility index (Phi) is 5.61. The highest BCUT2D eigenvalue weighted by atomic mass is 16.5. The molecule has 2 heterocycles. The molecule has 20 heavy (non-hydrogen) atoms. The first-order valence-corrected chi connectivity index (χ1v) is 7.15. The predicted octanol–water partition coefficient (Wildman–Crippen LogP) is 2.39. The fourth-order valence-electron chi connectivity index (χ4n) is 2.07. The van der Waals surface area contributed by atoms with Gasteiger partial charge in [0.05, 0.1) is 6.20 Å². The van der Waals surface area contributed by atoms with Crippen molar-refractivity contribution in [2.45, 2.75) is 26.2 Å². The largest absolute Gasteiger partial charge is 0.385 e. The molecule has 0 aliphatic carbocycles. The Morgan fingerprint density at radius 2 is 2.15 bits per heavy atom. The lowest BCUT2D eigenvalue weighted by molar-refractivity contribution is 0.192. The van der Waals surface area contributed by atoms with Gasteiger partial charge in [0.25, 0.3) is 0 Å². The molecule has 0 fully saturated rings. The van der Waals surface area contributed by atoms with Crippen molar-refractivity contribution in [2.24, 2.45) is 0 Å². The zero-order valence-corrected chi connectivity index (χ0v) is 12.2. The molecular formula is C14H23N5O. The van der Waals surface area contributed by atoms with Crippen molar-refractivity contribution in [1.29, 1.82) is 0 Å². The van der Waals surface area contributed by atoms with E-state index < -0.39 is 0 Å². The van der Waals surface area contributed by atoms with Gasteiger partial charge in [-0.15, -0.1) is 0 Å². The van der Waals surface area contributed by atoms with Crippen LogP contribution in [0.1, 0.15) is 26.2 Å². The molecule has 2 N–H and O–H groups in total. The van der Waals surface area contributed by atoms with Gasteiger partial charge in [-0.05, 0) is 26.2 Å². The van der Waals surface area contributed by atoms with Crippen LogP contribution in [0, 0.1) is 0 Å². The maximum atomic E-state index is 5.04. The van der Waals surface area contributed by atoms with Crippen LogP contribution >= 0.6 is 0 Å². The summed E-state index contributed by atoms with van der Waals surface area (Å²) >= 11 is 0. The van der Waals surface area contributed by atoms with Gasteiger partial charge in [-0.2, -0.15) is 0 Å². The van der Waals surface area contributed by atoms with Crippen LogP contribution in [0.5, 0.6) is 0 Å². The highest BCUT2D eigenvalue weighted by Crippen LogP contribution is 2.16. The smallest absolute Gasteiger partial charge is 0.180 e. The molecule has 0 amide bonds. The van der Waals surface area contributed by atoms with Gasteiger partial charge >= 0.3 is 0 Å². The second-order valence-corrected chi connectivity index (χ2v) is 4.64. The Morgan fingerprint density at radius 1 is 1.25 bits per heavy atom. The van der Waals surface area contributed by atoms with Crippen molar-refractivity contribution in [3.63, 3.8) is 0 Å². The normalized spacial score (nSPS) is 10.9. The van der Waals surface area contributed by atoms with Crippen molar-refractivity contribution in [3.8, 4) is 0 Å². The first-order chi connectivity index (χ1) is 9.85. The highest BCUT2D eigenvalue weighted by molar-refractivity contribution is 5.65. The van der Waals surface area contributed by atoms with E-state index in [1.807, 2.05) is 16.8 Å². The molecule has 2 aromatic heterocycles. The van der Waals surface area contributed by atoms with Gasteiger partial charge in [-0.1, -0.05) is 0 Å². The molecule has 6 heteroatoms. The van der Waals surface area contributed by atoms with E-state index in [9.17, 15) is 0 Å². The maximum absolute atomic E-state index is 5.04. The van der Waals surface area contributed by atoms with Crippen LogP contribution in [0.15, 0.2) is 18.6 Å². The monoisotopic (exact) mass is 277 g/mol. The minimum absolute atomic E-state index is 0.832. The molecule has 0 unspecified atom stereocenters. The number of nitrogens with zero attached hydrogens (tertiary/aromatic N) is 3. The van der Waals surface area contributed by atoms with E-state index in [0.717, 1.165) is 56.2 Å². The summed E-state index contributed by atoms with van der Waals surface area (Å²) in [6.45, 7) is 4.64. The molecule has 0 aliphatic heterocycles. The van der Waals surface area contributed by atoms with E-state index in [4.69, 9.17) is 4.74 Å². The fraction of sp³-hybridized carbons (Fsp3) is 0.571. The molecule has 110 valence electrons. The molecule has 0 saturated carbocycles. The van der Waals surface area contributed by atoms with Gasteiger partial charge in [-0.3, -0.25) is 0 Å². The number of hydrogen-bond donors (Lipinski definition) is 2. The van der Waals surface area contributed by atoms with Gasteiger partial charge in [0.2, 0.25) is 0 Å². The number of anilines is 2. The minimum atomic E-state index is 0.832.